The standard InChI is InChI=1S/C6H7FN2O2S/c1-4-5(12(2,10)11)6(7)9-3-8-4/h3H,1-2H3. The van der Waals surface area contributed by atoms with E-state index in [1.807, 2.05) is 0 Å². The molecule has 1 heterocycles. The third kappa shape index (κ3) is 1.58. The number of aryl methyl sites for hydroxylation is 1. The summed E-state index contributed by atoms with van der Waals surface area (Å²) in [5.74, 6) is -0.995. The highest BCUT2D eigenvalue weighted by Crippen LogP contribution is 2.13. The number of aromatic nitrogens is 2. The smallest absolute Gasteiger partial charge is 0.235 e. The van der Waals surface area contributed by atoms with Crippen LogP contribution in [0.4, 0.5) is 4.39 Å². The first-order valence-corrected chi connectivity index (χ1v) is 4.99. The average molecular weight is 190 g/mol. The lowest BCUT2D eigenvalue weighted by Gasteiger charge is -2.00. The molecular weight excluding hydrogens is 183 g/mol. The number of hydrogen-bond acceptors (Lipinski definition) is 4. The van der Waals surface area contributed by atoms with Crippen LogP contribution in [0.1, 0.15) is 5.69 Å². The molecule has 0 radical (unpaired) electrons. The lowest BCUT2D eigenvalue weighted by molar-refractivity contribution is 0.531. The molecule has 0 unspecified atom stereocenters. The highest BCUT2D eigenvalue weighted by Gasteiger charge is 2.18. The van der Waals surface area contributed by atoms with Crippen LogP contribution >= 0.6 is 0 Å². The Balaban J connectivity index is 3.53. The Bertz CT molecular complexity index is 382. The number of rotatable bonds is 1. The molecule has 0 aliphatic heterocycles. The number of nitrogens with zero attached hydrogens (tertiary/aromatic N) is 2. The van der Waals surface area contributed by atoms with E-state index in [0.717, 1.165) is 12.6 Å². The van der Waals surface area contributed by atoms with Gasteiger partial charge in [-0.25, -0.2) is 18.4 Å². The first-order chi connectivity index (χ1) is 5.43. The fraction of sp³-hybridized carbons (Fsp3) is 0.333. The largest absolute Gasteiger partial charge is 0.240 e. The van der Waals surface area contributed by atoms with Gasteiger partial charge in [-0.1, -0.05) is 0 Å². The van der Waals surface area contributed by atoms with Crippen LogP contribution in [-0.2, 0) is 9.84 Å². The molecule has 0 saturated carbocycles. The van der Waals surface area contributed by atoms with E-state index in [1.165, 1.54) is 6.92 Å². The molecule has 0 amide bonds. The molecule has 66 valence electrons. The van der Waals surface area contributed by atoms with Crippen molar-refractivity contribution in [1.82, 2.24) is 9.97 Å². The van der Waals surface area contributed by atoms with Gasteiger partial charge in [0, 0.05) is 6.26 Å². The van der Waals surface area contributed by atoms with E-state index in [2.05, 4.69) is 9.97 Å². The Labute approximate surface area is 69.4 Å². The zero-order valence-corrected chi connectivity index (χ0v) is 7.39. The molecule has 0 atom stereocenters. The van der Waals surface area contributed by atoms with Crippen LogP contribution in [0.15, 0.2) is 11.2 Å². The van der Waals surface area contributed by atoms with Gasteiger partial charge in [-0.2, -0.15) is 4.39 Å². The third-order valence-corrected chi connectivity index (χ3v) is 2.51. The predicted octanol–water partition coefficient (Wildman–Crippen LogP) is 0.328. The van der Waals surface area contributed by atoms with Gasteiger partial charge in [-0.05, 0) is 6.92 Å². The van der Waals surface area contributed by atoms with E-state index >= 15 is 0 Å². The maximum Gasteiger partial charge on any atom is 0.235 e. The second-order valence-corrected chi connectivity index (χ2v) is 4.30. The molecule has 1 rings (SSSR count). The zero-order valence-electron chi connectivity index (χ0n) is 6.57. The summed E-state index contributed by atoms with van der Waals surface area (Å²) in [5.41, 5.74) is 0.130. The lowest BCUT2D eigenvalue weighted by Crippen LogP contribution is -2.06. The number of hydrogen-bond donors (Lipinski definition) is 0. The average Bonchev–Trinajstić information content (AvgIpc) is 1.82. The summed E-state index contributed by atoms with van der Waals surface area (Å²) < 4.78 is 34.7. The molecule has 0 aliphatic rings. The Kier molecular flexibility index (Phi) is 2.10. The Hall–Kier alpha value is -1.04. The van der Waals surface area contributed by atoms with Gasteiger partial charge in [0.05, 0.1) is 5.69 Å². The molecule has 0 N–H and O–H groups in total. The fourth-order valence-corrected chi connectivity index (χ4v) is 1.80. The Morgan fingerprint density at radius 2 is 2.00 bits per heavy atom. The van der Waals surface area contributed by atoms with Gasteiger partial charge < -0.3 is 0 Å². The van der Waals surface area contributed by atoms with Crippen LogP contribution in [0.5, 0.6) is 0 Å². The van der Waals surface area contributed by atoms with Crippen molar-refractivity contribution in [1.29, 1.82) is 0 Å². The van der Waals surface area contributed by atoms with Gasteiger partial charge in [-0.15, -0.1) is 0 Å². The van der Waals surface area contributed by atoms with Crippen LogP contribution in [0.25, 0.3) is 0 Å². The SMILES string of the molecule is Cc1ncnc(F)c1S(C)(=O)=O. The van der Waals surface area contributed by atoms with E-state index < -0.39 is 20.7 Å². The highest BCUT2D eigenvalue weighted by molar-refractivity contribution is 7.90. The summed E-state index contributed by atoms with van der Waals surface area (Å²) in [5, 5.41) is 0. The molecule has 0 saturated heterocycles. The molecule has 12 heavy (non-hydrogen) atoms. The molecule has 0 spiro atoms. The van der Waals surface area contributed by atoms with Crippen LogP contribution in [0.2, 0.25) is 0 Å². The van der Waals surface area contributed by atoms with Crippen molar-refractivity contribution in [2.75, 3.05) is 6.26 Å². The van der Waals surface area contributed by atoms with Gasteiger partial charge in [0.15, 0.2) is 9.84 Å². The Morgan fingerprint density at radius 1 is 1.42 bits per heavy atom. The maximum absolute atomic E-state index is 12.8. The zero-order chi connectivity index (χ0) is 9.35. The fourth-order valence-electron chi connectivity index (χ4n) is 0.854. The van der Waals surface area contributed by atoms with Crippen LogP contribution in [0, 0.1) is 12.9 Å². The second kappa shape index (κ2) is 2.78. The maximum atomic E-state index is 12.8. The van der Waals surface area contributed by atoms with E-state index in [4.69, 9.17) is 0 Å². The molecular formula is C6H7FN2O2S. The quantitative estimate of drug-likeness (QED) is 0.599. The molecule has 4 nitrogen and oxygen atoms in total. The summed E-state index contributed by atoms with van der Waals surface area (Å²) in [6.07, 6.45) is 1.90. The number of halogens is 1. The molecule has 1 aromatic rings. The van der Waals surface area contributed by atoms with Gasteiger partial charge in [0.2, 0.25) is 5.95 Å². The minimum Gasteiger partial charge on any atom is -0.240 e. The topological polar surface area (TPSA) is 59.9 Å². The number of sulfone groups is 1. The lowest BCUT2D eigenvalue weighted by atomic mass is 10.4. The van der Waals surface area contributed by atoms with Gasteiger partial charge in [0.1, 0.15) is 11.2 Å². The van der Waals surface area contributed by atoms with Crippen molar-refractivity contribution in [3.05, 3.63) is 18.0 Å². The van der Waals surface area contributed by atoms with Crippen molar-refractivity contribution in [2.45, 2.75) is 11.8 Å². The molecule has 0 bridgehead atoms. The van der Waals surface area contributed by atoms with Crippen molar-refractivity contribution >= 4 is 9.84 Å². The summed E-state index contributed by atoms with van der Waals surface area (Å²) in [6, 6.07) is 0. The van der Waals surface area contributed by atoms with E-state index in [-0.39, 0.29) is 5.69 Å². The van der Waals surface area contributed by atoms with Crippen LogP contribution in [0.3, 0.4) is 0 Å². The Morgan fingerprint density at radius 3 is 2.33 bits per heavy atom. The first-order valence-electron chi connectivity index (χ1n) is 3.10. The van der Waals surface area contributed by atoms with Gasteiger partial charge in [-0.3, -0.25) is 0 Å². The van der Waals surface area contributed by atoms with Crippen molar-refractivity contribution in [3.8, 4) is 0 Å². The first kappa shape index (κ1) is 9.05. The summed E-state index contributed by atoms with van der Waals surface area (Å²) >= 11 is 0. The minimum atomic E-state index is -3.56. The highest BCUT2D eigenvalue weighted by atomic mass is 32.2. The predicted molar refractivity (Wildman–Crippen MR) is 39.8 cm³/mol. The summed E-state index contributed by atoms with van der Waals surface area (Å²) in [7, 11) is -3.56. The van der Waals surface area contributed by atoms with E-state index in [1.54, 1.807) is 0 Å². The second-order valence-electron chi connectivity index (χ2n) is 2.35. The molecule has 0 aromatic carbocycles. The van der Waals surface area contributed by atoms with Gasteiger partial charge in [0.25, 0.3) is 0 Å². The van der Waals surface area contributed by atoms with Crippen molar-refractivity contribution in [3.63, 3.8) is 0 Å². The van der Waals surface area contributed by atoms with E-state index in [9.17, 15) is 12.8 Å². The normalized spacial score (nSPS) is 11.6. The molecule has 0 fully saturated rings. The molecule has 0 aliphatic carbocycles. The monoisotopic (exact) mass is 190 g/mol. The van der Waals surface area contributed by atoms with Crippen LogP contribution in [-0.4, -0.2) is 24.6 Å². The van der Waals surface area contributed by atoms with Crippen LogP contribution < -0.4 is 0 Å². The van der Waals surface area contributed by atoms with Gasteiger partial charge >= 0.3 is 0 Å². The summed E-state index contributed by atoms with van der Waals surface area (Å²) in [4.78, 5) is 6.30. The van der Waals surface area contributed by atoms with E-state index in [0.29, 0.717) is 0 Å². The molecule has 6 heteroatoms. The molecule has 1 aromatic heterocycles. The van der Waals surface area contributed by atoms with Crippen molar-refractivity contribution in [2.24, 2.45) is 0 Å². The summed E-state index contributed by atoms with van der Waals surface area (Å²) in [6.45, 7) is 1.42. The van der Waals surface area contributed by atoms with Crippen molar-refractivity contribution < 1.29 is 12.8 Å². The minimum absolute atomic E-state index is 0.130. The third-order valence-electron chi connectivity index (χ3n) is 1.31.